The third-order valence-electron chi connectivity index (χ3n) is 4.00. The van der Waals surface area contributed by atoms with Gasteiger partial charge >= 0.3 is 0 Å². The molecule has 120 valence electrons. The third kappa shape index (κ3) is 4.69. The molecular weight excluding hydrogens is 292 g/mol. The highest BCUT2D eigenvalue weighted by atomic mass is 35.5. The van der Waals surface area contributed by atoms with E-state index in [0.29, 0.717) is 18.8 Å². The summed E-state index contributed by atoms with van der Waals surface area (Å²) in [6, 6.07) is 0. The molecule has 1 aromatic rings. The Balaban J connectivity index is 0.00000220. The van der Waals surface area contributed by atoms with Crippen LogP contribution in [0, 0.1) is 5.92 Å². The van der Waals surface area contributed by atoms with Crippen molar-refractivity contribution in [2.24, 2.45) is 11.7 Å². The van der Waals surface area contributed by atoms with Crippen LogP contribution in [0.1, 0.15) is 32.6 Å². The Morgan fingerprint density at radius 2 is 2.38 bits per heavy atom. The third-order valence-corrected chi connectivity index (χ3v) is 4.00. The molecule has 2 rings (SSSR count). The molecule has 6 nitrogen and oxygen atoms in total. The van der Waals surface area contributed by atoms with Crippen LogP contribution in [-0.4, -0.2) is 34.9 Å². The Morgan fingerprint density at radius 3 is 3.05 bits per heavy atom. The molecule has 0 spiro atoms. The topological polar surface area (TPSA) is 82.2 Å². The van der Waals surface area contributed by atoms with Crippen LogP contribution in [-0.2, 0) is 16.1 Å². The number of carbonyl (C=O) groups excluding carboxylic acids is 1. The maximum atomic E-state index is 12.4. The molecule has 0 bridgehead atoms. The predicted octanol–water partition coefficient (Wildman–Crippen LogP) is 1.80. The molecule has 2 unspecified atom stereocenters. The van der Waals surface area contributed by atoms with E-state index in [1.54, 1.807) is 18.0 Å². The fourth-order valence-electron chi connectivity index (χ4n) is 2.75. The van der Waals surface area contributed by atoms with Gasteiger partial charge in [-0.05, 0) is 19.8 Å². The second-order valence-electron chi connectivity index (χ2n) is 5.78. The van der Waals surface area contributed by atoms with Crippen LogP contribution >= 0.6 is 12.4 Å². The standard InChI is InChI=1S/C14H24N4O2.ClH/c1-14(15)6-4-3-5-12(14)13(19)17-11-9-16-18(10-11)7-8-20-2;/h9-10,12H,3-8,15H2,1-2H3,(H,17,19);1H. The fourth-order valence-corrected chi connectivity index (χ4v) is 2.75. The van der Waals surface area contributed by atoms with E-state index in [-0.39, 0.29) is 24.2 Å². The summed E-state index contributed by atoms with van der Waals surface area (Å²) in [6.45, 7) is 3.24. The molecule has 0 saturated heterocycles. The molecule has 0 radical (unpaired) electrons. The normalized spacial score (nSPS) is 25.2. The van der Waals surface area contributed by atoms with E-state index >= 15 is 0 Å². The average Bonchev–Trinajstić information content (AvgIpc) is 2.83. The number of anilines is 1. The predicted molar refractivity (Wildman–Crippen MR) is 84.5 cm³/mol. The van der Waals surface area contributed by atoms with E-state index in [4.69, 9.17) is 10.5 Å². The van der Waals surface area contributed by atoms with Crippen LogP contribution in [0.3, 0.4) is 0 Å². The van der Waals surface area contributed by atoms with Gasteiger partial charge in [-0.3, -0.25) is 9.48 Å². The molecule has 1 saturated carbocycles. The molecule has 1 fully saturated rings. The van der Waals surface area contributed by atoms with Gasteiger partial charge in [0.25, 0.3) is 0 Å². The monoisotopic (exact) mass is 316 g/mol. The van der Waals surface area contributed by atoms with Crippen molar-refractivity contribution in [3.8, 4) is 0 Å². The molecule has 1 aromatic heterocycles. The number of nitrogens with two attached hydrogens (primary N) is 1. The molecule has 1 amide bonds. The van der Waals surface area contributed by atoms with E-state index in [1.807, 2.05) is 13.1 Å². The Labute approximate surface area is 131 Å². The highest BCUT2D eigenvalue weighted by Gasteiger charge is 2.37. The Bertz CT molecular complexity index is 462. The molecule has 1 heterocycles. The van der Waals surface area contributed by atoms with Crippen molar-refractivity contribution in [3.05, 3.63) is 12.4 Å². The average molecular weight is 317 g/mol. The van der Waals surface area contributed by atoms with Gasteiger partial charge in [-0.15, -0.1) is 12.4 Å². The van der Waals surface area contributed by atoms with Gasteiger partial charge in [-0.25, -0.2) is 0 Å². The minimum atomic E-state index is -0.408. The number of rotatable bonds is 5. The summed E-state index contributed by atoms with van der Waals surface area (Å²) in [5.74, 6) is -0.125. The molecule has 1 aliphatic carbocycles. The number of nitrogens with one attached hydrogen (secondary N) is 1. The van der Waals surface area contributed by atoms with Gasteiger partial charge in [0, 0.05) is 18.8 Å². The maximum Gasteiger partial charge on any atom is 0.229 e. The Kier molecular flexibility index (Phi) is 6.64. The molecule has 2 atom stereocenters. The first-order chi connectivity index (χ1) is 9.53. The van der Waals surface area contributed by atoms with Gasteiger partial charge in [-0.2, -0.15) is 5.10 Å². The highest BCUT2D eigenvalue weighted by molar-refractivity contribution is 5.93. The SMILES string of the molecule is COCCn1cc(NC(=O)C2CCCCC2(C)N)cn1.Cl. The van der Waals surface area contributed by atoms with Gasteiger partial charge in [-0.1, -0.05) is 12.8 Å². The van der Waals surface area contributed by atoms with Crippen molar-refractivity contribution < 1.29 is 9.53 Å². The van der Waals surface area contributed by atoms with Crippen molar-refractivity contribution in [1.29, 1.82) is 0 Å². The van der Waals surface area contributed by atoms with E-state index in [0.717, 1.165) is 25.7 Å². The lowest BCUT2D eigenvalue weighted by Crippen LogP contribution is -2.51. The zero-order valence-corrected chi connectivity index (χ0v) is 13.5. The molecule has 21 heavy (non-hydrogen) atoms. The van der Waals surface area contributed by atoms with Crippen LogP contribution < -0.4 is 11.1 Å². The van der Waals surface area contributed by atoms with Crippen molar-refractivity contribution in [1.82, 2.24) is 9.78 Å². The summed E-state index contributed by atoms with van der Waals surface area (Å²) < 4.78 is 6.75. The number of nitrogens with zero attached hydrogens (tertiary/aromatic N) is 2. The zero-order chi connectivity index (χ0) is 14.6. The zero-order valence-electron chi connectivity index (χ0n) is 12.7. The summed E-state index contributed by atoms with van der Waals surface area (Å²) in [5.41, 5.74) is 6.56. The second-order valence-corrected chi connectivity index (χ2v) is 5.78. The van der Waals surface area contributed by atoms with Gasteiger partial charge in [0.1, 0.15) is 0 Å². The minimum absolute atomic E-state index is 0. The Morgan fingerprint density at radius 1 is 1.62 bits per heavy atom. The molecule has 3 N–H and O–H groups in total. The van der Waals surface area contributed by atoms with Crippen LogP contribution in [0.25, 0.3) is 0 Å². The first-order valence-corrected chi connectivity index (χ1v) is 7.14. The number of hydrogen-bond acceptors (Lipinski definition) is 4. The van der Waals surface area contributed by atoms with E-state index < -0.39 is 5.54 Å². The van der Waals surface area contributed by atoms with E-state index in [2.05, 4.69) is 10.4 Å². The largest absolute Gasteiger partial charge is 0.383 e. The number of carbonyl (C=O) groups is 1. The van der Waals surface area contributed by atoms with Crippen molar-refractivity contribution in [2.45, 2.75) is 44.7 Å². The molecule has 0 aliphatic heterocycles. The number of methoxy groups -OCH3 is 1. The molecule has 0 aromatic carbocycles. The van der Waals surface area contributed by atoms with Crippen LogP contribution in [0.4, 0.5) is 5.69 Å². The van der Waals surface area contributed by atoms with Crippen LogP contribution in [0.2, 0.25) is 0 Å². The van der Waals surface area contributed by atoms with Crippen molar-refractivity contribution in [3.63, 3.8) is 0 Å². The van der Waals surface area contributed by atoms with E-state index in [9.17, 15) is 4.79 Å². The summed E-state index contributed by atoms with van der Waals surface area (Å²) in [4.78, 5) is 12.4. The first kappa shape index (κ1) is 17.9. The molecule has 7 heteroatoms. The number of amides is 1. The second kappa shape index (κ2) is 7.77. The number of hydrogen-bond donors (Lipinski definition) is 2. The summed E-state index contributed by atoms with van der Waals surface area (Å²) in [5, 5.41) is 7.10. The molecular formula is C14H25ClN4O2. The lowest BCUT2D eigenvalue weighted by Gasteiger charge is -2.37. The van der Waals surface area contributed by atoms with Crippen LogP contribution in [0.15, 0.2) is 12.4 Å². The number of halogens is 1. The minimum Gasteiger partial charge on any atom is -0.383 e. The highest BCUT2D eigenvalue weighted by Crippen LogP contribution is 2.32. The summed E-state index contributed by atoms with van der Waals surface area (Å²) in [6.07, 6.45) is 7.40. The van der Waals surface area contributed by atoms with Gasteiger partial charge < -0.3 is 15.8 Å². The lowest BCUT2D eigenvalue weighted by molar-refractivity contribution is -0.122. The van der Waals surface area contributed by atoms with Crippen LogP contribution in [0.5, 0.6) is 0 Å². The van der Waals surface area contributed by atoms with E-state index in [1.165, 1.54) is 0 Å². The number of aromatic nitrogens is 2. The first-order valence-electron chi connectivity index (χ1n) is 7.14. The molecule has 1 aliphatic rings. The maximum absolute atomic E-state index is 12.4. The quantitative estimate of drug-likeness (QED) is 0.867. The van der Waals surface area contributed by atoms with Gasteiger partial charge in [0.15, 0.2) is 0 Å². The number of ether oxygens (including phenoxy) is 1. The fraction of sp³-hybridized carbons (Fsp3) is 0.714. The van der Waals surface area contributed by atoms with Gasteiger partial charge in [0.05, 0.1) is 31.0 Å². The van der Waals surface area contributed by atoms with Gasteiger partial charge in [0.2, 0.25) is 5.91 Å². The summed E-state index contributed by atoms with van der Waals surface area (Å²) in [7, 11) is 1.65. The van der Waals surface area contributed by atoms with Crippen molar-refractivity contribution in [2.75, 3.05) is 19.0 Å². The smallest absolute Gasteiger partial charge is 0.229 e. The van der Waals surface area contributed by atoms with Crippen molar-refractivity contribution >= 4 is 24.0 Å². The lowest BCUT2D eigenvalue weighted by atomic mass is 9.74. The summed E-state index contributed by atoms with van der Waals surface area (Å²) >= 11 is 0. The Hall–Kier alpha value is -1.11.